The maximum Gasteiger partial charge on any atom is 0.305 e. The fraction of sp³-hybridized carbons (Fsp3) is 0.615. The Balaban J connectivity index is 2.38. The number of aliphatic hydroxyl groups is 1. The Morgan fingerprint density at radius 2 is 2.35 bits per heavy atom. The number of carbonyl (C=O) groups is 1. The van der Waals surface area contributed by atoms with Crippen molar-refractivity contribution in [2.45, 2.75) is 45.3 Å². The van der Waals surface area contributed by atoms with Crippen molar-refractivity contribution in [2.24, 2.45) is 0 Å². The van der Waals surface area contributed by atoms with Gasteiger partial charge >= 0.3 is 5.97 Å². The van der Waals surface area contributed by atoms with Crippen LogP contribution >= 0.6 is 0 Å². The van der Waals surface area contributed by atoms with E-state index < -0.39 is 0 Å². The smallest absolute Gasteiger partial charge is 0.305 e. The van der Waals surface area contributed by atoms with E-state index in [0.29, 0.717) is 6.42 Å². The van der Waals surface area contributed by atoms with Crippen molar-refractivity contribution in [3.63, 3.8) is 0 Å². The highest BCUT2D eigenvalue weighted by atomic mass is 16.5. The highest BCUT2D eigenvalue weighted by Crippen LogP contribution is 2.18. The summed E-state index contributed by atoms with van der Waals surface area (Å²) in [7, 11) is 1.40. The van der Waals surface area contributed by atoms with Crippen LogP contribution in [0.15, 0.2) is 18.5 Å². The molecule has 0 aliphatic heterocycles. The van der Waals surface area contributed by atoms with Gasteiger partial charge in [0.25, 0.3) is 0 Å². The number of carbonyl (C=O) groups excluding carboxylic acids is 1. The average molecular weight is 239 g/mol. The molecule has 0 radical (unpaired) electrons. The van der Waals surface area contributed by atoms with Gasteiger partial charge in [-0.25, -0.2) is 0 Å². The first-order valence-corrected chi connectivity index (χ1v) is 6.08. The lowest BCUT2D eigenvalue weighted by molar-refractivity contribution is -0.140. The molecule has 1 atom stereocenters. The fourth-order valence-electron chi connectivity index (χ4n) is 1.74. The van der Waals surface area contributed by atoms with Crippen molar-refractivity contribution in [1.82, 2.24) is 4.57 Å². The highest BCUT2D eigenvalue weighted by Gasteiger charge is 2.07. The van der Waals surface area contributed by atoms with Gasteiger partial charge in [-0.2, -0.15) is 0 Å². The van der Waals surface area contributed by atoms with Crippen molar-refractivity contribution in [3.8, 4) is 0 Å². The number of aliphatic hydroxyl groups excluding tert-OH is 1. The highest BCUT2D eigenvalue weighted by molar-refractivity contribution is 5.68. The predicted octanol–water partition coefficient (Wildman–Crippen LogP) is 2.27. The Morgan fingerprint density at radius 1 is 1.59 bits per heavy atom. The number of rotatable bonds is 7. The number of hydrogen-bond donors (Lipinski definition) is 1. The molecule has 0 aromatic carbocycles. The van der Waals surface area contributed by atoms with Gasteiger partial charge in [0.15, 0.2) is 0 Å². The van der Waals surface area contributed by atoms with Crippen LogP contribution in [0.1, 0.15) is 44.3 Å². The average Bonchev–Trinajstić information content (AvgIpc) is 2.78. The van der Waals surface area contributed by atoms with E-state index in [4.69, 9.17) is 0 Å². The minimum absolute atomic E-state index is 0.177. The van der Waals surface area contributed by atoms with Gasteiger partial charge in [0.05, 0.1) is 13.2 Å². The summed E-state index contributed by atoms with van der Waals surface area (Å²) < 4.78 is 6.57. The van der Waals surface area contributed by atoms with Crippen molar-refractivity contribution < 1.29 is 14.6 Å². The molecule has 0 fully saturated rings. The van der Waals surface area contributed by atoms with Gasteiger partial charge in [-0.05, 0) is 24.5 Å². The summed E-state index contributed by atoms with van der Waals surface area (Å²) in [4.78, 5) is 10.9. The summed E-state index contributed by atoms with van der Waals surface area (Å²) in [5.41, 5.74) is 0.949. The number of aryl methyl sites for hydroxylation is 1. The first-order valence-electron chi connectivity index (χ1n) is 6.08. The SMILES string of the molecule is CCCC(O)c1ccn(CCCC(=O)OC)c1. The molecule has 4 heteroatoms. The molecule has 1 N–H and O–H groups in total. The maximum absolute atomic E-state index is 10.9. The minimum atomic E-state index is -0.373. The molecule has 1 rings (SSSR count). The second-order valence-corrected chi connectivity index (χ2v) is 4.17. The molecule has 1 aromatic heterocycles. The lowest BCUT2D eigenvalue weighted by Gasteiger charge is -2.06. The van der Waals surface area contributed by atoms with Crippen LogP contribution in [0.2, 0.25) is 0 Å². The molecule has 0 saturated heterocycles. The first kappa shape index (κ1) is 13.8. The van der Waals surface area contributed by atoms with Gasteiger partial charge in [-0.1, -0.05) is 13.3 Å². The van der Waals surface area contributed by atoms with E-state index in [1.54, 1.807) is 0 Å². The molecule has 1 aromatic rings. The Labute approximate surface area is 102 Å². The molecule has 17 heavy (non-hydrogen) atoms. The van der Waals surface area contributed by atoms with Gasteiger partial charge in [0.2, 0.25) is 0 Å². The van der Waals surface area contributed by atoms with Gasteiger partial charge in [-0.15, -0.1) is 0 Å². The molecular weight excluding hydrogens is 218 g/mol. The molecule has 1 heterocycles. The monoisotopic (exact) mass is 239 g/mol. The predicted molar refractivity (Wildman–Crippen MR) is 65.5 cm³/mol. The lowest BCUT2D eigenvalue weighted by Crippen LogP contribution is -2.03. The third kappa shape index (κ3) is 4.61. The van der Waals surface area contributed by atoms with Gasteiger partial charge in [0, 0.05) is 25.4 Å². The van der Waals surface area contributed by atoms with Crippen LogP contribution in [0.3, 0.4) is 0 Å². The molecule has 0 spiro atoms. The first-order chi connectivity index (χ1) is 8.17. The zero-order valence-electron chi connectivity index (χ0n) is 10.6. The molecule has 0 amide bonds. The van der Waals surface area contributed by atoms with Crippen molar-refractivity contribution in [1.29, 1.82) is 0 Å². The van der Waals surface area contributed by atoms with Gasteiger partial charge < -0.3 is 14.4 Å². The minimum Gasteiger partial charge on any atom is -0.469 e. The van der Waals surface area contributed by atoms with Crippen LogP contribution in [0.4, 0.5) is 0 Å². The van der Waals surface area contributed by atoms with E-state index in [-0.39, 0.29) is 12.1 Å². The van der Waals surface area contributed by atoms with E-state index in [1.165, 1.54) is 7.11 Å². The molecule has 4 nitrogen and oxygen atoms in total. The number of hydrogen-bond acceptors (Lipinski definition) is 3. The van der Waals surface area contributed by atoms with Crippen molar-refractivity contribution in [2.75, 3.05) is 7.11 Å². The van der Waals surface area contributed by atoms with Gasteiger partial charge in [-0.3, -0.25) is 4.79 Å². The topological polar surface area (TPSA) is 51.5 Å². The van der Waals surface area contributed by atoms with E-state index in [2.05, 4.69) is 11.7 Å². The number of methoxy groups -OCH3 is 1. The number of ether oxygens (including phenoxy) is 1. The Bertz CT molecular complexity index is 346. The van der Waals surface area contributed by atoms with Crippen molar-refractivity contribution >= 4 is 5.97 Å². The summed E-state index contributed by atoms with van der Waals surface area (Å²) >= 11 is 0. The fourth-order valence-corrected chi connectivity index (χ4v) is 1.74. The van der Waals surface area contributed by atoms with E-state index in [0.717, 1.165) is 31.4 Å². The summed E-state index contributed by atoms with van der Waals surface area (Å²) in [6.45, 7) is 2.82. The lowest BCUT2D eigenvalue weighted by atomic mass is 10.1. The van der Waals surface area contributed by atoms with E-state index in [1.807, 2.05) is 23.0 Å². The quantitative estimate of drug-likeness (QED) is 0.743. The summed E-state index contributed by atoms with van der Waals surface area (Å²) in [6.07, 6.45) is 6.44. The van der Waals surface area contributed by atoms with Gasteiger partial charge in [0.1, 0.15) is 0 Å². The van der Waals surface area contributed by atoms with Crippen LogP contribution in [-0.4, -0.2) is 22.8 Å². The summed E-state index contributed by atoms with van der Waals surface area (Å²) in [6, 6.07) is 1.93. The third-order valence-corrected chi connectivity index (χ3v) is 2.75. The second kappa shape index (κ2) is 7.12. The Hall–Kier alpha value is -1.29. The number of nitrogens with zero attached hydrogens (tertiary/aromatic N) is 1. The molecule has 0 bridgehead atoms. The van der Waals surface area contributed by atoms with Crippen LogP contribution in [0, 0.1) is 0 Å². The van der Waals surface area contributed by atoms with Crippen LogP contribution in [-0.2, 0) is 16.1 Å². The molecule has 0 saturated carbocycles. The van der Waals surface area contributed by atoms with E-state index in [9.17, 15) is 9.90 Å². The van der Waals surface area contributed by atoms with Crippen LogP contribution in [0.5, 0.6) is 0 Å². The number of esters is 1. The maximum atomic E-state index is 10.9. The second-order valence-electron chi connectivity index (χ2n) is 4.17. The summed E-state index contributed by atoms with van der Waals surface area (Å²) in [5.74, 6) is -0.177. The van der Waals surface area contributed by atoms with Crippen LogP contribution < -0.4 is 0 Å². The van der Waals surface area contributed by atoms with E-state index >= 15 is 0 Å². The third-order valence-electron chi connectivity index (χ3n) is 2.75. The molecule has 0 aliphatic rings. The molecular formula is C13H21NO3. The van der Waals surface area contributed by atoms with Crippen LogP contribution in [0.25, 0.3) is 0 Å². The largest absolute Gasteiger partial charge is 0.469 e. The number of aromatic nitrogens is 1. The standard InChI is InChI=1S/C13H21NO3/c1-3-5-12(15)11-7-9-14(10-11)8-4-6-13(16)17-2/h7,9-10,12,15H,3-6,8H2,1-2H3. The van der Waals surface area contributed by atoms with Crippen molar-refractivity contribution in [3.05, 3.63) is 24.0 Å². The Morgan fingerprint density at radius 3 is 3.00 bits per heavy atom. The molecule has 0 aliphatic carbocycles. The molecule has 1 unspecified atom stereocenters. The summed E-state index contributed by atoms with van der Waals surface area (Å²) in [5, 5.41) is 9.80. The zero-order chi connectivity index (χ0) is 12.7. The Kier molecular flexibility index (Phi) is 5.77. The normalized spacial score (nSPS) is 12.4. The molecule has 96 valence electrons. The zero-order valence-corrected chi connectivity index (χ0v) is 10.6.